The van der Waals surface area contributed by atoms with Gasteiger partial charge in [-0.3, -0.25) is 0 Å². The van der Waals surface area contributed by atoms with Gasteiger partial charge in [-0.2, -0.15) is 0 Å². The van der Waals surface area contributed by atoms with Crippen molar-refractivity contribution >= 4 is 23.0 Å². The summed E-state index contributed by atoms with van der Waals surface area (Å²) in [6, 6.07) is 2.39. The van der Waals surface area contributed by atoms with Gasteiger partial charge in [0.2, 0.25) is 0 Å². The summed E-state index contributed by atoms with van der Waals surface area (Å²) >= 11 is 5.13. The molecule has 0 radical (unpaired) electrons. The Morgan fingerprint density at radius 2 is 2.06 bits per heavy atom. The van der Waals surface area contributed by atoms with Crippen LogP contribution in [0.15, 0.2) is 6.07 Å². The Kier molecular flexibility index (Phi) is 5.08. The lowest BCUT2D eigenvalue weighted by Crippen LogP contribution is -2.27. The molecule has 18 heavy (non-hydrogen) atoms. The highest BCUT2D eigenvalue weighted by Gasteiger charge is 2.16. The molecule has 0 saturated carbocycles. The fraction of sp³-hybridized carbons (Fsp3) is 0.571. The number of nitrogens with two attached hydrogens (primary N) is 1. The third-order valence-corrected chi connectivity index (χ3v) is 3.36. The molecule has 0 bridgehead atoms. The number of anilines is 1. The number of hydrogen-bond acceptors (Lipinski definition) is 3. The van der Waals surface area contributed by atoms with Gasteiger partial charge in [0.15, 0.2) is 0 Å². The topological polar surface area (TPSA) is 50.9 Å². The van der Waals surface area contributed by atoms with Crippen LogP contribution in [0.4, 0.5) is 5.82 Å². The number of nitrogens with one attached hydrogen (secondary N) is 1. The Morgan fingerprint density at radius 3 is 2.50 bits per heavy atom. The summed E-state index contributed by atoms with van der Waals surface area (Å²) in [4.78, 5) is 4.95. The van der Waals surface area contributed by atoms with Crippen molar-refractivity contribution in [3.05, 3.63) is 22.9 Å². The number of aromatic nitrogens is 1. The summed E-state index contributed by atoms with van der Waals surface area (Å²) in [7, 11) is 0. The maximum Gasteiger partial charge on any atom is 0.137 e. The van der Waals surface area contributed by atoms with Gasteiger partial charge in [0.25, 0.3) is 0 Å². The van der Waals surface area contributed by atoms with E-state index >= 15 is 0 Å². The molecule has 1 heterocycles. The fourth-order valence-corrected chi connectivity index (χ4v) is 2.43. The van der Waals surface area contributed by atoms with Gasteiger partial charge in [0, 0.05) is 11.7 Å². The predicted molar refractivity (Wildman–Crippen MR) is 82.1 cm³/mol. The van der Waals surface area contributed by atoms with Crippen LogP contribution in [0.1, 0.15) is 44.0 Å². The van der Waals surface area contributed by atoms with Gasteiger partial charge in [-0.1, -0.05) is 33.0 Å². The molecule has 3 N–H and O–H groups in total. The van der Waals surface area contributed by atoms with E-state index in [0.717, 1.165) is 29.1 Å². The van der Waals surface area contributed by atoms with Crippen LogP contribution in [0.3, 0.4) is 0 Å². The quantitative estimate of drug-likeness (QED) is 0.803. The largest absolute Gasteiger partial charge is 0.389 e. The average Bonchev–Trinajstić information content (AvgIpc) is 2.23. The molecule has 0 fully saturated rings. The van der Waals surface area contributed by atoms with Gasteiger partial charge in [0.05, 0.1) is 5.56 Å². The smallest absolute Gasteiger partial charge is 0.137 e. The average molecular weight is 265 g/mol. The monoisotopic (exact) mass is 265 g/mol. The Balaban J connectivity index is 3.18. The van der Waals surface area contributed by atoms with E-state index in [1.54, 1.807) is 0 Å². The van der Waals surface area contributed by atoms with Gasteiger partial charge in [-0.05, 0) is 37.8 Å². The zero-order valence-electron chi connectivity index (χ0n) is 11.9. The van der Waals surface area contributed by atoms with E-state index in [2.05, 4.69) is 31.1 Å². The molecule has 0 aliphatic heterocycles. The summed E-state index contributed by atoms with van der Waals surface area (Å²) < 4.78 is 0. The van der Waals surface area contributed by atoms with E-state index in [1.807, 2.05) is 19.9 Å². The molecule has 1 unspecified atom stereocenters. The van der Waals surface area contributed by atoms with Crippen LogP contribution in [0.2, 0.25) is 0 Å². The van der Waals surface area contributed by atoms with Crippen molar-refractivity contribution in [3.63, 3.8) is 0 Å². The lowest BCUT2D eigenvalue weighted by Gasteiger charge is -2.23. The van der Waals surface area contributed by atoms with Crippen LogP contribution in [0, 0.1) is 19.8 Å². The molecule has 1 aromatic rings. The maximum absolute atomic E-state index is 5.81. The third kappa shape index (κ3) is 3.42. The van der Waals surface area contributed by atoms with Crippen LogP contribution in [-0.4, -0.2) is 16.0 Å². The van der Waals surface area contributed by atoms with Crippen molar-refractivity contribution in [1.82, 2.24) is 4.98 Å². The van der Waals surface area contributed by atoms with E-state index in [0.29, 0.717) is 16.9 Å². The highest BCUT2D eigenvalue weighted by atomic mass is 32.1. The summed E-state index contributed by atoms with van der Waals surface area (Å²) in [6.45, 7) is 10.6. The number of aryl methyl sites for hydroxylation is 2. The molecule has 1 rings (SSSR count). The molecular weight excluding hydrogens is 242 g/mol. The van der Waals surface area contributed by atoms with Crippen LogP contribution in [0.5, 0.6) is 0 Å². The molecule has 0 spiro atoms. The summed E-state index contributed by atoms with van der Waals surface area (Å²) in [6.07, 6.45) is 1.04. The zero-order valence-corrected chi connectivity index (χ0v) is 12.7. The first-order chi connectivity index (χ1) is 8.36. The van der Waals surface area contributed by atoms with Gasteiger partial charge < -0.3 is 11.1 Å². The van der Waals surface area contributed by atoms with Crippen molar-refractivity contribution < 1.29 is 0 Å². The van der Waals surface area contributed by atoms with Crippen molar-refractivity contribution in [2.24, 2.45) is 11.7 Å². The molecule has 100 valence electrons. The highest BCUT2D eigenvalue weighted by molar-refractivity contribution is 7.80. The Labute approximate surface area is 115 Å². The molecule has 0 aliphatic rings. The van der Waals surface area contributed by atoms with Gasteiger partial charge in [-0.25, -0.2) is 4.98 Å². The third-order valence-electron chi connectivity index (χ3n) is 3.16. The van der Waals surface area contributed by atoms with E-state index in [9.17, 15) is 0 Å². The van der Waals surface area contributed by atoms with Crippen molar-refractivity contribution in [2.45, 2.75) is 47.1 Å². The second-order valence-electron chi connectivity index (χ2n) is 5.07. The van der Waals surface area contributed by atoms with Gasteiger partial charge in [0.1, 0.15) is 10.8 Å². The first-order valence-electron chi connectivity index (χ1n) is 6.41. The normalized spacial score (nSPS) is 12.6. The first-order valence-corrected chi connectivity index (χ1v) is 6.82. The lowest BCUT2D eigenvalue weighted by atomic mass is 10.0. The van der Waals surface area contributed by atoms with Crippen molar-refractivity contribution in [3.8, 4) is 0 Å². The standard InChI is InChI=1S/C14H23N3S/c1-6-11(8(2)3)17-14-12(13(15)18)9(4)7-10(5)16-14/h7-8,11H,6H2,1-5H3,(H2,15,18)(H,16,17). The summed E-state index contributed by atoms with van der Waals surface area (Å²) in [5.41, 5.74) is 8.74. The maximum atomic E-state index is 5.81. The van der Waals surface area contributed by atoms with E-state index in [4.69, 9.17) is 18.0 Å². The SMILES string of the molecule is CCC(Nc1nc(C)cc(C)c1C(N)=S)C(C)C. The fourth-order valence-electron chi connectivity index (χ4n) is 2.17. The Morgan fingerprint density at radius 1 is 1.44 bits per heavy atom. The van der Waals surface area contributed by atoms with Crippen LogP contribution >= 0.6 is 12.2 Å². The number of hydrogen-bond donors (Lipinski definition) is 2. The zero-order chi connectivity index (χ0) is 13.9. The Hall–Kier alpha value is -1.16. The lowest BCUT2D eigenvalue weighted by molar-refractivity contribution is 0.509. The summed E-state index contributed by atoms with van der Waals surface area (Å²) in [5.74, 6) is 1.36. The van der Waals surface area contributed by atoms with Gasteiger partial charge >= 0.3 is 0 Å². The van der Waals surface area contributed by atoms with Crippen LogP contribution < -0.4 is 11.1 Å². The second-order valence-corrected chi connectivity index (χ2v) is 5.51. The van der Waals surface area contributed by atoms with Gasteiger partial charge in [-0.15, -0.1) is 0 Å². The Bertz CT molecular complexity index is 441. The van der Waals surface area contributed by atoms with E-state index in [1.165, 1.54) is 0 Å². The minimum atomic E-state index is 0.381. The molecule has 0 aromatic carbocycles. The van der Waals surface area contributed by atoms with Crippen LogP contribution in [0.25, 0.3) is 0 Å². The molecule has 4 heteroatoms. The molecule has 3 nitrogen and oxygen atoms in total. The molecule has 1 atom stereocenters. The molecular formula is C14H23N3S. The molecule has 1 aromatic heterocycles. The first kappa shape index (κ1) is 14.9. The highest BCUT2D eigenvalue weighted by Crippen LogP contribution is 2.21. The number of thiocarbonyl (C=S) groups is 1. The number of rotatable bonds is 5. The minimum absolute atomic E-state index is 0.381. The molecule has 0 amide bonds. The van der Waals surface area contributed by atoms with E-state index in [-0.39, 0.29) is 0 Å². The number of pyridine rings is 1. The molecule has 0 saturated heterocycles. The van der Waals surface area contributed by atoms with Crippen molar-refractivity contribution in [2.75, 3.05) is 5.32 Å². The minimum Gasteiger partial charge on any atom is -0.389 e. The van der Waals surface area contributed by atoms with Crippen LogP contribution in [-0.2, 0) is 0 Å². The van der Waals surface area contributed by atoms with Crippen molar-refractivity contribution in [1.29, 1.82) is 0 Å². The predicted octanol–water partition coefficient (Wildman–Crippen LogP) is 3.18. The summed E-state index contributed by atoms with van der Waals surface area (Å²) in [5, 5.41) is 3.48. The van der Waals surface area contributed by atoms with E-state index < -0.39 is 0 Å². The second kappa shape index (κ2) is 6.14. The number of nitrogens with zero attached hydrogens (tertiary/aromatic N) is 1. The molecule has 0 aliphatic carbocycles.